The predicted molar refractivity (Wildman–Crippen MR) is 74.2 cm³/mol. The molecule has 0 N–H and O–H groups in total. The van der Waals surface area contributed by atoms with Crippen LogP contribution in [0.2, 0.25) is 0 Å². The van der Waals surface area contributed by atoms with Crippen LogP contribution >= 0.6 is 11.6 Å². The number of pyridine rings is 1. The van der Waals surface area contributed by atoms with Crippen molar-refractivity contribution in [3.63, 3.8) is 0 Å². The molecule has 2 unspecified atom stereocenters. The topological polar surface area (TPSA) is 22.1 Å². The van der Waals surface area contributed by atoms with Crippen LogP contribution < -0.4 is 4.74 Å². The number of ether oxygens (including phenoxy) is 1. The van der Waals surface area contributed by atoms with Gasteiger partial charge >= 0.3 is 0 Å². The fourth-order valence-corrected chi connectivity index (χ4v) is 2.29. The molecule has 19 heavy (non-hydrogen) atoms. The number of methoxy groups -OCH3 is 1. The van der Waals surface area contributed by atoms with Crippen molar-refractivity contribution >= 4 is 11.6 Å². The Morgan fingerprint density at radius 3 is 2.47 bits per heavy atom. The standard InChI is InChI=1S/C15H15ClFNO/c1-10(11-5-7-18-8-6-11)15(16)13-4-3-12(19-2)9-14(13)17/h3-10,15H,1-2H3. The lowest BCUT2D eigenvalue weighted by molar-refractivity contribution is 0.410. The first-order valence-corrected chi connectivity index (χ1v) is 6.44. The van der Waals surface area contributed by atoms with Gasteiger partial charge in [-0.2, -0.15) is 0 Å². The SMILES string of the molecule is COc1ccc(C(Cl)C(C)c2ccncc2)c(F)c1. The van der Waals surface area contributed by atoms with Crippen molar-refractivity contribution in [1.82, 2.24) is 4.98 Å². The van der Waals surface area contributed by atoms with E-state index in [1.165, 1.54) is 13.2 Å². The van der Waals surface area contributed by atoms with E-state index < -0.39 is 5.38 Å². The summed E-state index contributed by atoms with van der Waals surface area (Å²) in [5.41, 5.74) is 1.51. The number of hydrogen-bond acceptors (Lipinski definition) is 2. The zero-order valence-electron chi connectivity index (χ0n) is 10.8. The van der Waals surface area contributed by atoms with Gasteiger partial charge in [0.05, 0.1) is 12.5 Å². The summed E-state index contributed by atoms with van der Waals surface area (Å²) < 4.78 is 19.0. The van der Waals surface area contributed by atoms with Gasteiger partial charge in [0.25, 0.3) is 0 Å². The summed E-state index contributed by atoms with van der Waals surface area (Å²) in [5.74, 6) is 0.134. The first kappa shape index (κ1) is 13.8. The largest absolute Gasteiger partial charge is 0.497 e. The zero-order valence-corrected chi connectivity index (χ0v) is 11.6. The second-order valence-corrected chi connectivity index (χ2v) is 4.83. The second-order valence-electron chi connectivity index (χ2n) is 4.36. The van der Waals surface area contributed by atoms with Gasteiger partial charge in [0.1, 0.15) is 11.6 Å². The van der Waals surface area contributed by atoms with Gasteiger partial charge in [-0.05, 0) is 23.8 Å². The van der Waals surface area contributed by atoms with Gasteiger partial charge in [-0.3, -0.25) is 4.98 Å². The molecule has 100 valence electrons. The molecule has 1 heterocycles. The van der Waals surface area contributed by atoms with Crippen LogP contribution in [0.3, 0.4) is 0 Å². The van der Waals surface area contributed by atoms with Gasteiger partial charge in [-0.15, -0.1) is 11.6 Å². The van der Waals surface area contributed by atoms with Gasteiger partial charge < -0.3 is 4.74 Å². The van der Waals surface area contributed by atoms with Crippen molar-refractivity contribution < 1.29 is 9.13 Å². The lowest BCUT2D eigenvalue weighted by atomic mass is 9.93. The maximum atomic E-state index is 14.0. The maximum Gasteiger partial charge on any atom is 0.131 e. The summed E-state index contributed by atoms with van der Waals surface area (Å²) >= 11 is 6.39. The molecule has 0 amide bonds. The average molecular weight is 280 g/mol. The molecule has 2 atom stereocenters. The van der Waals surface area contributed by atoms with Crippen LogP contribution in [-0.2, 0) is 0 Å². The van der Waals surface area contributed by atoms with Crippen LogP contribution in [0.25, 0.3) is 0 Å². The molecule has 0 spiro atoms. The summed E-state index contributed by atoms with van der Waals surface area (Å²) in [7, 11) is 1.51. The van der Waals surface area contributed by atoms with E-state index in [2.05, 4.69) is 4.98 Å². The Labute approximate surface area is 117 Å². The van der Waals surface area contributed by atoms with Crippen LogP contribution in [0.15, 0.2) is 42.7 Å². The molecule has 0 saturated carbocycles. The Kier molecular flexibility index (Phi) is 4.38. The highest BCUT2D eigenvalue weighted by Gasteiger charge is 2.21. The van der Waals surface area contributed by atoms with Gasteiger partial charge in [0, 0.05) is 29.9 Å². The molecule has 0 aliphatic rings. The third-order valence-corrected chi connectivity index (χ3v) is 3.79. The van der Waals surface area contributed by atoms with Gasteiger partial charge in [-0.25, -0.2) is 4.39 Å². The fourth-order valence-electron chi connectivity index (χ4n) is 1.96. The third kappa shape index (κ3) is 3.04. The summed E-state index contributed by atoms with van der Waals surface area (Å²) in [6.45, 7) is 1.97. The summed E-state index contributed by atoms with van der Waals surface area (Å²) in [4.78, 5) is 3.97. The molecule has 2 nitrogen and oxygen atoms in total. The van der Waals surface area contributed by atoms with Gasteiger partial charge in [0.15, 0.2) is 0 Å². The highest BCUT2D eigenvalue weighted by Crippen LogP contribution is 2.37. The van der Waals surface area contributed by atoms with E-state index in [0.717, 1.165) is 5.56 Å². The molecular formula is C15H15ClFNO. The third-order valence-electron chi connectivity index (χ3n) is 3.18. The van der Waals surface area contributed by atoms with E-state index in [4.69, 9.17) is 16.3 Å². The molecule has 0 aliphatic heterocycles. The fraction of sp³-hybridized carbons (Fsp3) is 0.267. The van der Waals surface area contributed by atoms with Crippen molar-refractivity contribution in [2.24, 2.45) is 0 Å². The average Bonchev–Trinajstić information content (AvgIpc) is 2.46. The summed E-state index contributed by atoms with van der Waals surface area (Å²) in [6.07, 6.45) is 3.42. The van der Waals surface area contributed by atoms with Crippen LogP contribution in [0.1, 0.15) is 29.3 Å². The molecule has 2 rings (SSSR count). The number of nitrogens with zero attached hydrogens (tertiary/aromatic N) is 1. The normalized spacial score (nSPS) is 13.9. The Balaban J connectivity index is 2.26. The van der Waals surface area contributed by atoms with E-state index in [1.54, 1.807) is 24.5 Å². The van der Waals surface area contributed by atoms with E-state index >= 15 is 0 Å². The summed E-state index contributed by atoms with van der Waals surface area (Å²) in [5, 5.41) is -0.437. The first-order chi connectivity index (χ1) is 9.13. The van der Waals surface area contributed by atoms with Crippen LogP contribution in [0.5, 0.6) is 5.75 Å². The Morgan fingerprint density at radius 1 is 1.21 bits per heavy atom. The Hall–Kier alpha value is -1.61. The molecule has 0 saturated heterocycles. The molecule has 1 aromatic carbocycles. The minimum absolute atomic E-state index is 0.00689. The van der Waals surface area contributed by atoms with Crippen LogP contribution in [0.4, 0.5) is 4.39 Å². The molecular weight excluding hydrogens is 265 g/mol. The molecule has 0 radical (unpaired) electrons. The molecule has 0 aliphatic carbocycles. The monoisotopic (exact) mass is 279 g/mol. The molecule has 0 bridgehead atoms. The second kappa shape index (κ2) is 6.02. The predicted octanol–water partition coefficient (Wildman–Crippen LogP) is 4.31. The van der Waals surface area contributed by atoms with Gasteiger partial charge in [0.2, 0.25) is 0 Å². The van der Waals surface area contributed by atoms with Crippen molar-refractivity contribution in [1.29, 1.82) is 0 Å². The highest BCUT2D eigenvalue weighted by atomic mass is 35.5. The number of benzene rings is 1. The van der Waals surface area contributed by atoms with E-state index in [9.17, 15) is 4.39 Å². The number of halogens is 2. The van der Waals surface area contributed by atoms with Gasteiger partial charge in [-0.1, -0.05) is 13.0 Å². The van der Waals surface area contributed by atoms with Crippen molar-refractivity contribution in [2.45, 2.75) is 18.2 Å². The zero-order chi connectivity index (χ0) is 13.8. The molecule has 4 heteroatoms. The maximum absolute atomic E-state index is 14.0. The molecule has 1 aromatic heterocycles. The van der Waals surface area contributed by atoms with Crippen molar-refractivity contribution in [3.05, 3.63) is 59.7 Å². The van der Waals surface area contributed by atoms with Crippen LogP contribution in [-0.4, -0.2) is 12.1 Å². The summed E-state index contributed by atoms with van der Waals surface area (Å²) in [6, 6.07) is 8.52. The van der Waals surface area contributed by atoms with Crippen LogP contribution in [0, 0.1) is 5.82 Å². The van der Waals surface area contributed by atoms with Crippen molar-refractivity contribution in [2.75, 3.05) is 7.11 Å². The minimum atomic E-state index is -0.437. The first-order valence-electron chi connectivity index (χ1n) is 6.01. The highest BCUT2D eigenvalue weighted by molar-refractivity contribution is 6.21. The Bertz CT molecular complexity index is 547. The lowest BCUT2D eigenvalue weighted by Crippen LogP contribution is -2.05. The number of rotatable bonds is 4. The quantitative estimate of drug-likeness (QED) is 0.778. The number of aromatic nitrogens is 1. The Morgan fingerprint density at radius 2 is 1.89 bits per heavy atom. The number of hydrogen-bond donors (Lipinski definition) is 0. The number of alkyl halides is 1. The van der Waals surface area contributed by atoms with Crippen molar-refractivity contribution in [3.8, 4) is 5.75 Å². The van der Waals surface area contributed by atoms with E-state index in [0.29, 0.717) is 11.3 Å². The lowest BCUT2D eigenvalue weighted by Gasteiger charge is -2.19. The molecule has 2 aromatic rings. The van der Waals surface area contributed by atoms with E-state index in [-0.39, 0.29) is 11.7 Å². The molecule has 0 fully saturated rings. The minimum Gasteiger partial charge on any atom is -0.497 e. The smallest absolute Gasteiger partial charge is 0.131 e. The van der Waals surface area contributed by atoms with E-state index in [1.807, 2.05) is 19.1 Å².